The largest absolute Gasteiger partial charge is 0.467 e. The molecule has 0 radical (unpaired) electrons. The van der Waals surface area contributed by atoms with Gasteiger partial charge in [-0.3, -0.25) is 24.0 Å². The number of unbranched alkanes of at least 4 members (excludes halogenated alkanes) is 3. The zero-order chi connectivity index (χ0) is 46.8. The van der Waals surface area contributed by atoms with Crippen LogP contribution in [0.2, 0.25) is 0 Å². The van der Waals surface area contributed by atoms with E-state index in [1.807, 2.05) is 93.6 Å². The van der Waals surface area contributed by atoms with Crippen molar-refractivity contribution in [2.24, 2.45) is 17.8 Å². The molecule has 9 heteroatoms. The number of amides is 2. The van der Waals surface area contributed by atoms with Gasteiger partial charge >= 0.3 is 5.97 Å². The van der Waals surface area contributed by atoms with Crippen LogP contribution in [0.15, 0.2) is 97.1 Å². The average molecular weight is 871 g/mol. The molecule has 0 saturated carbocycles. The number of ether oxygens (including phenoxy) is 1. The number of likely N-dealkylation sites (N-methyl/N-ethyl adjacent to an activating group) is 1. The minimum atomic E-state index is -1.01. The second-order valence-corrected chi connectivity index (χ2v) is 17.9. The maximum Gasteiger partial charge on any atom is 0.328 e. The molecule has 0 saturated heterocycles. The van der Waals surface area contributed by atoms with Crippen molar-refractivity contribution >= 4 is 35.1 Å². The Morgan fingerprint density at radius 1 is 0.656 bits per heavy atom. The molecule has 0 aliphatic carbocycles. The first kappa shape index (κ1) is 50.9. The van der Waals surface area contributed by atoms with Gasteiger partial charge in [0.25, 0.3) is 0 Å². The fourth-order valence-electron chi connectivity index (χ4n) is 8.21. The Bertz CT molecular complexity index is 2140. The van der Waals surface area contributed by atoms with Crippen LogP contribution < -0.4 is 5.32 Å². The predicted octanol–water partition coefficient (Wildman–Crippen LogP) is 10.8. The highest BCUT2D eigenvalue weighted by Crippen LogP contribution is 2.30. The highest BCUT2D eigenvalue weighted by atomic mass is 16.5. The van der Waals surface area contributed by atoms with Crippen molar-refractivity contribution in [3.8, 4) is 11.1 Å². The lowest BCUT2D eigenvalue weighted by molar-refractivity contribution is -0.146. The van der Waals surface area contributed by atoms with Gasteiger partial charge in [0.05, 0.1) is 7.11 Å². The van der Waals surface area contributed by atoms with Crippen molar-refractivity contribution in [3.63, 3.8) is 0 Å². The first-order chi connectivity index (χ1) is 30.6. The minimum absolute atomic E-state index is 0.000859. The molecule has 5 atom stereocenters. The van der Waals surface area contributed by atoms with Crippen LogP contribution in [-0.4, -0.2) is 60.2 Å². The number of nitrogens with one attached hydrogen (secondary N) is 1. The normalized spacial score (nSPS) is 13.5. The predicted molar refractivity (Wildman–Crippen MR) is 255 cm³/mol. The van der Waals surface area contributed by atoms with Crippen LogP contribution >= 0.6 is 0 Å². The van der Waals surface area contributed by atoms with Crippen LogP contribution in [0.3, 0.4) is 0 Å². The van der Waals surface area contributed by atoms with E-state index in [4.69, 9.17) is 4.74 Å². The van der Waals surface area contributed by atoms with E-state index in [-0.39, 0.29) is 61.3 Å². The Hall–Kier alpha value is -5.70. The summed E-state index contributed by atoms with van der Waals surface area (Å²) in [5.41, 5.74) is 7.55. The molecule has 1 N–H and O–H groups in total. The van der Waals surface area contributed by atoms with E-state index < -0.39 is 35.8 Å². The fraction of sp³-hybridized carbons (Fsp3) is 0.455. The Morgan fingerprint density at radius 3 is 1.80 bits per heavy atom. The van der Waals surface area contributed by atoms with Crippen molar-refractivity contribution in [1.29, 1.82) is 0 Å². The van der Waals surface area contributed by atoms with Crippen molar-refractivity contribution < 1.29 is 33.5 Å². The summed E-state index contributed by atoms with van der Waals surface area (Å²) in [5, 5.41) is 2.79. The van der Waals surface area contributed by atoms with Crippen molar-refractivity contribution in [3.05, 3.63) is 130 Å². The van der Waals surface area contributed by atoms with E-state index in [1.165, 1.54) is 17.6 Å². The van der Waals surface area contributed by atoms with Gasteiger partial charge < -0.3 is 15.0 Å². The van der Waals surface area contributed by atoms with E-state index in [1.54, 1.807) is 14.0 Å². The molecular formula is C55H70N2O7. The highest BCUT2D eigenvalue weighted by molar-refractivity contribution is 5.97. The Morgan fingerprint density at radius 2 is 1.22 bits per heavy atom. The van der Waals surface area contributed by atoms with Gasteiger partial charge in [-0.25, -0.2) is 4.79 Å². The number of rotatable bonds is 26. The molecule has 342 valence electrons. The summed E-state index contributed by atoms with van der Waals surface area (Å²) in [4.78, 5) is 83.7. The zero-order valence-electron chi connectivity index (χ0n) is 39.4. The maximum atomic E-state index is 14.5. The molecular weight excluding hydrogens is 801 g/mol. The molecule has 4 aromatic rings. The third kappa shape index (κ3) is 15.5. The number of methoxy groups -OCH3 is 1. The molecule has 0 aromatic heterocycles. The van der Waals surface area contributed by atoms with Gasteiger partial charge in [0.2, 0.25) is 11.8 Å². The van der Waals surface area contributed by atoms with E-state index in [2.05, 4.69) is 43.4 Å². The van der Waals surface area contributed by atoms with Crippen molar-refractivity contribution in [2.75, 3.05) is 14.2 Å². The lowest BCUT2D eigenvalue weighted by atomic mass is 9.87. The number of aryl methyl sites for hydroxylation is 3. The average Bonchev–Trinajstić information content (AvgIpc) is 3.28. The quantitative estimate of drug-likeness (QED) is 0.0378. The molecule has 0 aliphatic rings. The van der Waals surface area contributed by atoms with Crippen LogP contribution in [0, 0.1) is 31.6 Å². The number of Topliss-reactive ketones (excluding diaryl/α,β-unsaturated/α-hetero) is 3. The first-order valence-electron chi connectivity index (χ1n) is 23.2. The Balaban J connectivity index is 1.43. The monoisotopic (exact) mass is 871 g/mol. The SMILES string of the molecule is CCCCC[C@H](CC(=O)CC(C)CC(=O)c1ccc(-c2ccc(CCCC)cc2)cc1)C(=O)N(C)[C@H](C(=O)C[C@@H](C)C(=O)N[C@@H](Cc1ccc(C)cc1)C(=O)OC)c1ccc(C)cc1. The molecule has 0 spiro atoms. The van der Waals surface area contributed by atoms with E-state index in [0.717, 1.165) is 66.3 Å². The fourth-order valence-corrected chi connectivity index (χ4v) is 8.21. The second kappa shape index (κ2) is 25.6. The topological polar surface area (TPSA) is 127 Å². The van der Waals surface area contributed by atoms with E-state index >= 15 is 0 Å². The van der Waals surface area contributed by atoms with Crippen LogP contribution in [0.4, 0.5) is 0 Å². The first-order valence-corrected chi connectivity index (χ1v) is 23.2. The van der Waals surface area contributed by atoms with Gasteiger partial charge in [0.1, 0.15) is 17.9 Å². The molecule has 0 bridgehead atoms. The third-order valence-corrected chi connectivity index (χ3v) is 12.2. The standard InChI is InChI=1S/C55H70N2O7/c1-9-11-13-15-47(36-48(58)32-39(5)33-50(59)45-30-28-44(29-31-45)43-26-22-41(23-27-43)14-12-10-2)54(62)57(7)52(46-24-18-38(4)19-25-46)51(60)34-40(6)53(61)56-49(55(63)64-8)35-42-20-16-37(3)17-21-42/h16-31,39-40,47,49,52H,9-15,32-36H2,1-8H3,(H,56,61)/t39?,40-,47-,49+,52+/m1/s1. The number of benzene rings is 4. The number of carbonyl (C=O) groups is 6. The molecule has 4 rings (SSSR count). The molecule has 2 amide bonds. The zero-order valence-corrected chi connectivity index (χ0v) is 39.4. The summed E-state index contributed by atoms with van der Waals surface area (Å²) < 4.78 is 5.00. The molecule has 4 aromatic carbocycles. The van der Waals surface area contributed by atoms with Gasteiger partial charge in [-0.2, -0.15) is 0 Å². The van der Waals surface area contributed by atoms with E-state index in [9.17, 15) is 28.8 Å². The van der Waals surface area contributed by atoms with Crippen LogP contribution in [-0.2, 0) is 41.6 Å². The summed E-state index contributed by atoms with van der Waals surface area (Å²) in [6.07, 6.45) is 6.81. The Kier molecular flexibility index (Phi) is 20.3. The van der Waals surface area contributed by atoms with Crippen LogP contribution in [0.5, 0.6) is 0 Å². The summed E-state index contributed by atoms with van der Waals surface area (Å²) >= 11 is 0. The molecule has 0 heterocycles. The molecule has 0 fully saturated rings. The molecule has 64 heavy (non-hydrogen) atoms. The number of nitrogens with zero attached hydrogens (tertiary/aromatic N) is 1. The lowest BCUT2D eigenvalue weighted by Gasteiger charge is -2.32. The highest BCUT2D eigenvalue weighted by Gasteiger charge is 2.35. The van der Waals surface area contributed by atoms with E-state index in [0.29, 0.717) is 17.5 Å². The van der Waals surface area contributed by atoms with Crippen LogP contribution in [0.25, 0.3) is 11.1 Å². The molecule has 9 nitrogen and oxygen atoms in total. The number of esters is 1. The van der Waals surface area contributed by atoms with Crippen LogP contribution in [0.1, 0.15) is 136 Å². The third-order valence-electron chi connectivity index (χ3n) is 12.2. The van der Waals surface area contributed by atoms with Crippen molar-refractivity contribution in [1.82, 2.24) is 10.2 Å². The summed E-state index contributed by atoms with van der Waals surface area (Å²) in [6.45, 7) is 11.7. The molecule has 0 aliphatic heterocycles. The molecule has 1 unspecified atom stereocenters. The summed E-state index contributed by atoms with van der Waals surface area (Å²) in [6, 6.07) is 29.3. The minimum Gasteiger partial charge on any atom is -0.467 e. The van der Waals surface area contributed by atoms with Gasteiger partial charge in [-0.05, 0) is 66.8 Å². The second-order valence-electron chi connectivity index (χ2n) is 17.9. The lowest BCUT2D eigenvalue weighted by Crippen LogP contribution is -2.46. The summed E-state index contributed by atoms with van der Waals surface area (Å²) in [7, 11) is 2.86. The Labute approximate surface area is 381 Å². The van der Waals surface area contributed by atoms with Gasteiger partial charge in [0.15, 0.2) is 11.6 Å². The van der Waals surface area contributed by atoms with Gasteiger partial charge in [0, 0.05) is 56.6 Å². The van der Waals surface area contributed by atoms with Gasteiger partial charge in [-0.1, -0.05) is 162 Å². The van der Waals surface area contributed by atoms with Gasteiger partial charge in [-0.15, -0.1) is 0 Å². The maximum absolute atomic E-state index is 14.5. The number of hydrogen-bond acceptors (Lipinski definition) is 7. The number of ketones is 3. The smallest absolute Gasteiger partial charge is 0.328 e. The number of carbonyl (C=O) groups excluding carboxylic acids is 6. The number of hydrogen-bond donors (Lipinski definition) is 1. The van der Waals surface area contributed by atoms with Crippen molar-refractivity contribution in [2.45, 2.75) is 131 Å². The summed E-state index contributed by atoms with van der Waals surface area (Å²) in [5.74, 6) is -3.59.